The van der Waals surface area contributed by atoms with Gasteiger partial charge in [0.1, 0.15) is 28.8 Å². The zero-order valence-electron chi connectivity index (χ0n) is 27.1. The number of likely N-dealkylation sites (tertiary alicyclic amines) is 1. The van der Waals surface area contributed by atoms with Gasteiger partial charge in [-0.3, -0.25) is 14.5 Å². The third kappa shape index (κ3) is 5.45. The second-order valence-electron chi connectivity index (χ2n) is 11.8. The molecule has 1 fully saturated rings. The summed E-state index contributed by atoms with van der Waals surface area (Å²) in [5.74, 6) is -0.240. The van der Waals surface area contributed by atoms with Gasteiger partial charge in [0, 0.05) is 42.9 Å². The highest BCUT2D eigenvalue weighted by atomic mass is 35.5. The van der Waals surface area contributed by atoms with Crippen molar-refractivity contribution in [1.82, 2.24) is 9.80 Å². The second kappa shape index (κ2) is 13.1. The van der Waals surface area contributed by atoms with Gasteiger partial charge in [-0.25, -0.2) is 12.7 Å². The van der Waals surface area contributed by atoms with Gasteiger partial charge in [0.05, 0.1) is 25.9 Å². The van der Waals surface area contributed by atoms with Gasteiger partial charge in [-0.15, -0.1) is 0 Å². The van der Waals surface area contributed by atoms with Crippen LogP contribution in [0.4, 0.5) is 5.69 Å². The predicted molar refractivity (Wildman–Crippen MR) is 182 cm³/mol. The van der Waals surface area contributed by atoms with Crippen LogP contribution in [0, 0.1) is 0 Å². The normalized spacial score (nSPS) is 19.2. The highest BCUT2D eigenvalue weighted by Crippen LogP contribution is 2.55. The molecule has 250 valence electrons. The first-order valence-electron chi connectivity index (χ1n) is 15.4. The molecule has 4 aromatic rings. The second-order valence-corrected chi connectivity index (χ2v) is 14.0. The summed E-state index contributed by atoms with van der Waals surface area (Å²) < 4.78 is 47.5. The molecule has 12 heteroatoms. The van der Waals surface area contributed by atoms with Gasteiger partial charge in [-0.05, 0) is 54.8 Å². The number of benzene rings is 4. The minimum atomic E-state index is -4.62. The Morgan fingerprint density at radius 3 is 2.35 bits per heavy atom. The third-order valence-electron chi connectivity index (χ3n) is 8.87. The van der Waals surface area contributed by atoms with Crippen LogP contribution in [0.25, 0.3) is 0 Å². The van der Waals surface area contributed by atoms with Crippen molar-refractivity contribution in [2.45, 2.75) is 35.9 Å². The van der Waals surface area contributed by atoms with Crippen LogP contribution in [0.1, 0.15) is 29.5 Å². The Labute approximate surface area is 285 Å². The fraction of sp³-hybridized carbons (Fsp3) is 0.278. The lowest BCUT2D eigenvalue weighted by Crippen LogP contribution is -2.59. The van der Waals surface area contributed by atoms with Gasteiger partial charge in [-0.1, -0.05) is 60.1 Å². The van der Waals surface area contributed by atoms with Gasteiger partial charge in [-0.2, -0.15) is 0 Å². The molecule has 0 bridgehead atoms. The molecule has 2 aliphatic heterocycles. The molecular formula is C36H36ClN3O7S. The van der Waals surface area contributed by atoms with E-state index in [1.165, 1.54) is 43.4 Å². The van der Waals surface area contributed by atoms with E-state index in [0.29, 0.717) is 47.0 Å². The van der Waals surface area contributed by atoms with E-state index in [1.54, 1.807) is 50.5 Å². The van der Waals surface area contributed by atoms with Crippen molar-refractivity contribution in [2.75, 3.05) is 39.2 Å². The number of halogens is 1. The number of carbonyl (C=O) groups excluding carboxylic acids is 2. The summed E-state index contributed by atoms with van der Waals surface area (Å²) in [6.45, 7) is 0.518. The molecule has 0 radical (unpaired) electrons. The molecule has 10 nitrogen and oxygen atoms in total. The quantitative estimate of drug-likeness (QED) is 0.216. The lowest BCUT2D eigenvalue weighted by molar-refractivity contribution is -0.138. The van der Waals surface area contributed by atoms with Crippen LogP contribution in [-0.4, -0.2) is 70.9 Å². The molecule has 1 unspecified atom stereocenters. The third-order valence-corrected chi connectivity index (χ3v) is 10.8. The number of amides is 2. The molecule has 2 heterocycles. The maximum Gasteiger partial charge on any atom is 0.274 e. The van der Waals surface area contributed by atoms with Crippen molar-refractivity contribution in [2.24, 2.45) is 0 Å². The summed E-state index contributed by atoms with van der Waals surface area (Å²) in [7, 11) is 1.52. The first-order chi connectivity index (χ1) is 23.0. The monoisotopic (exact) mass is 689 g/mol. The predicted octanol–water partition coefficient (Wildman–Crippen LogP) is 5.47. The van der Waals surface area contributed by atoms with Crippen molar-refractivity contribution >= 4 is 39.1 Å². The van der Waals surface area contributed by atoms with Gasteiger partial charge in [0.15, 0.2) is 5.54 Å². The minimum absolute atomic E-state index is 0.00333. The molecule has 0 saturated carbocycles. The van der Waals surface area contributed by atoms with Crippen LogP contribution in [0.3, 0.4) is 0 Å². The maximum atomic E-state index is 15.5. The van der Waals surface area contributed by atoms with E-state index in [4.69, 9.17) is 25.8 Å². The highest BCUT2D eigenvalue weighted by Gasteiger charge is 2.63. The Hall–Kier alpha value is -4.58. The van der Waals surface area contributed by atoms with Crippen molar-refractivity contribution in [1.29, 1.82) is 0 Å². The fourth-order valence-corrected chi connectivity index (χ4v) is 8.49. The molecule has 0 aromatic heterocycles. The topological polar surface area (TPSA) is 106 Å². The largest absolute Gasteiger partial charge is 0.497 e. The number of hydrogen-bond acceptors (Lipinski definition) is 8. The smallest absolute Gasteiger partial charge is 0.274 e. The van der Waals surface area contributed by atoms with E-state index in [-0.39, 0.29) is 28.8 Å². The lowest BCUT2D eigenvalue weighted by Gasteiger charge is -2.42. The molecule has 6 rings (SSSR count). The molecule has 2 aliphatic rings. The number of methoxy groups -OCH3 is 2. The van der Waals surface area contributed by atoms with Crippen LogP contribution in [0.2, 0.25) is 5.02 Å². The van der Waals surface area contributed by atoms with Crippen LogP contribution >= 0.6 is 11.6 Å². The van der Waals surface area contributed by atoms with Gasteiger partial charge in [0.25, 0.3) is 15.9 Å². The molecule has 0 aliphatic carbocycles. The molecule has 0 N–H and O–H groups in total. The Balaban J connectivity index is 1.62. The molecular weight excluding hydrogens is 654 g/mol. The van der Waals surface area contributed by atoms with Crippen molar-refractivity contribution < 1.29 is 32.2 Å². The number of hydrogen-bond donors (Lipinski definition) is 0. The van der Waals surface area contributed by atoms with Crippen LogP contribution in [0.15, 0.2) is 95.9 Å². The van der Waals surface area contributed by atoms with E-state index < -0.39 is 27.5 Å². The maximum absolute atomic E-state index is 15.5. The fourth-order valence-electron chi connectivity index (χ4n) is 6.71. The number of sulfonamides is 1. The molecule has 1 saturated heterocycles. The lowest BCUT2D eigenvalue weighted by atomic mass is 9.80. The molecule has 2 amide bonds. The number of carbonyl (C=O) groups is 2. The zero-order chi connectivity index (χ0) is 34.2. The molecule has 2 atom stereocenters. The van der Waals surface area contributed by atoms with Crippen LogP contribution in [-0.2, 0) is 31.8 Å². The van der Waals surface area contributed by atoms with Crippen molar-refractivity contribution in [3.63, 3.8) is 0 Å². The standard InChI is InChI=1S/C36H36ClN3O7S/c1-38(2)34(41)30-14-10-20-39(30)36(27-13-8-9-15-31(27)47-23-24-11-6-5-7-12-24)28-21-25(37)16-18-29(28)40(35(36)42)48(43,44)33-19-17-26(45-3)22-32(33)46-4/h5-9,11-13,15-19,21-22,30H,10,14,20,23H2,1-4H3/t30-,36?/m0/s1. The Morgan fingerprint density at radius 1 is 0.917 bits per heavy atom. The highest BCUT2D eigenvalue weighted by molar-refractivity contribution is 7.93. The number of fused-ring (bicyclic) bond motifs is 1. The number of para-hydroxylation sites is 1. The van der Waals surface area contributed by atoms with Crippen LogP contribution < -0.4 is 18.5 Å². The van der Waals surface area contributed by atoms with Crippen LogP contribution in [0.5, 0.6) is 17.2 Å². The number of likely N-dealkylation sites (N-methyl/N-ethyl adjacent to an activating group) is 1. The first-order valence-corrected chi connectivity index (χ1v) is 17.2. The summed E-state index contributed by atoms with van der Waals surface area (Å²) in [6, 6.07) is 24.9. The summed E-state index contributed by atoms with van der Waals surface area (Å²) in [4.78, 5) is 32.4. The SMILES string of the molecule is COc1ccc(S(=O)(=O)N2C(=O)C(c3ccccc3OCc3ccccc3)(N3CCC[C@H]3C(=O)N(C)C)c3cc(Cl)ccc32)c(OC)c1. The van der Waals surface area contributed by atoms with E-state index in [9.17, 15) is 13.2 Å². The molecule has 0 spiro atoms. The minimum Gasteiger partial charge on any atom is -0.497 e. The number of ether oxygens (including phenoxy) is 3. The summed E-state index contributed by atoms with van der Waals surface area (Å²) in [5, 5.41) is 0.296. The van der Waals surface area contributed by atoms with Crippen molar-refractivity contribution in [3.05, 3.63) is 113 Å². The summed E-state index contributed by atoms with van der Waals surface area (Å²) in [6.07, 6.45) is 1.06. The average molecular weight is 690 g/mol. The summed E-state index contributed by atoms with van der Waals surface area (Å²) >= 11 is 6.64. The first kappa shape index (κ1) is 33.3. The van der Waals surface area contributed by atoms with Gasteiger partial charge in [0.2, 0.25) is 5.91 Å². The van der Waals surface area contributed by atoms with Gasteiger partial charge < -0.3 is 19.1 Å². The number of rotatable bonds is 10. The Bertz CT molecular complexity index is 1970. The summed E-state index contributed by atoms with van der Waals surface area (Å²) in [5.41, 5.74) is -0.0755. The van der Waals surface area contributed by atoms with Gasteiger partial charge >= 0.3 is 0 Å². The molecule has 4 aromatic carbocycles. The van der Waals surface area contributed by atoms with E-state index in [1.807, 2.05) is 35.2 Å². The van der Waals surface area contributed by atoms with E-state index in [2.05, 4.69) is 0 Å². The Kier molecular flexibility index (Phi) is 9.12. The molecule has 48 heavy (non-hydrogen) atoms. The van der Waals surface area contributed by atoms with E-state index >= 15 is 4.79 Å². The Morgan fingerprint density at radius 2 is 1.65 bits per heavy atom. The number of anilines is 1. The average Bonchev–Trinajstić information content (AvgIpc) is 3.68. The zero-order valence-corrected chi connectivity index (χ0v) is 28.6. The van der Waals surface area contributed by atoms with E-state index in [0.717, 1.165) is 9.87 Å². The number of nitrogens with zero attached hydrogens (tertiary/aromatic N) is 3. The van der Waals surface area contributed by atoms with Crippen molar-refractivity contribution in [3.8, 4) is 17.2 Å².